The second kappa shape index (κ2) is 7.17. The Bertz CT molecular complexity index is 1410. The van der Waals surface area contributed by atoms with Gasteiger partial charge in [0.05, 0.1) is 0 Å². The van der Waals surface area contributed by atoms with Crippen molar-refractivity contribution in [2.24, 2.45) is 0 Å². The van der Waals surface area contributed by atoms with Gasteiger partial charge in [-0.3, -0.25) is 0 Å². The van der Waals surface area contributed by atoms with Crippen LogP contribution >= 0.6 is 11.3 Å². The van der Waals surface area contributed by atoms with Crippen molar-refractivity contribution in [3.05, 3.63) is 66.5 Å². The van der Waals surface area contributed by atoms with E-state index in [1.165, 1.54) is 41.1 Å². The zero-order valence-electron chi connectivity index (χ0n) is 18.2. The summed E-state index contributed by atoms with van der Waals surface area (Å²) < 4.78 is 4.06. The maximum atomic E-state index is 4.76. The van der Waals surface area contributed by atoms with Crippen LogP contribution in [0.3, 0.4) is 0 Å². The number of rotatable bonds is 3. The van der Waals surface area contributed by atoms with Gasteiger partial charge in [0.25, 0.3) is 0 Å². The first-order chi connectivity index (χ1) is 14.3. The number of benzene rings is 3. The average molecular weight is 471 g/mol. The molecule has 0 aliphatic heterocycles. The molecule has 0 radical (unpaired) electrons. The van der Waals surface area contributed by atoms with Crippen LogP contribution in [0.4, 0.5) is 0 Å². The number of thiophene rings is 1. The molecular formula is C26H26GeN2S. The molecule has 0 saturated heterocycles. The van der Waals surface area contributed by atoms with Crippen LogP contribution in [-0.2, 0) is 0 Å². The summed E-state index contributed by atoms with van der Waals surface area (Å²) in [7, 11) is 0. The summed E-state index contributed by atoms with van der Waals surface area (Å²) >= 11 is -0.0388. The molecule has 2 heterocycles. The minimum absolute atomic E-state index is 0.454. The van der Waals surface area contributed by atoms with E-state index in [0.717, 1.165) is 11.2 Å². The fourth-order valence-corrected chi connectivity index (χ4v) is 8.06. The Kier molecular flexibility index (Phi) is 4.71. The number of hydrogen-bond donors (Lipinski definition) is 0. The third kappa shape index (κ3) is 3.25. The van der Waals surface area contributed by atoms with Crippen molar-refractivity contribution in [2.75, 3.05) is 0 Å². The number of aromatic nitrogens is 2. The number of hydrogen-bond acceptors (Lipinski definition) is 3. The molecule has 0 unspecified atom stereocenters. The standard InChI is InChI=1S/C26H26GeN2S/c1-16(2)22-13-18(12-17-8-6-7-9-20(17)22)24-26-25(29-15-28-24)21-11-10-19(27(3,4)5)14-23(21)30-26/h6-16H,1-5H3. The molecule has 4 heteroatoms. The van der Waals surface area contributed by atoms with Crippen LogP contribution in [0.1, 0.15) is 25.3 Å². The van der Waals surface area contributed by atoms with Gasteiger partial charge in [0, 0.05) is 0 Å². The van der Waals surface area contributed by atoms with E-state index in [-0.39, 0.29) is 0 Å². The molecule has 0 amide bonds. The SMILES string of the molecule is CC(C)c1cc(-c2ncnc3c2sc2c[c]([Ge]([CH3])([CH3])[CH3])ccc23)cc2ccccc12. The first kappa shape index (κ1) is 19.7. The van der Waals surface area contributed by atoms with Crippen LogP contribution in [0.2, 0.25) is 17.3 Å². The summed E-state index contributed by atoms with van der Waals surface area (Å²) in [5, 5.41) is 3.85. The topological polar surface area (TPSA) is 25.8 Å². The zero-order chi connectivity index (χ0) is 21.0. The monoisotopic (exact) mass is 472 g/mol. The second-order valence-corrected chi connectivity index (χ2v) is 21.1. The van der Waals surface area contributed by atoms with Crippen LogP contribution < -0.4 is 4.40 Å². The molecule has 0 saturated carbocycles. The van der Waals surface area contributed by atoms with E-state index in [1.54, 1.807) is 6.33 Å². The molecule has 0 spiro atoms. The Balaban J connectivity index is 1.79. The predicted molar refractivity (Wildman–Crippen MR) is 135 cm³/mol. The van der Waals surface area contributed by atoms with Crippen LogP contribution in [0.15, 0.2) is 60.9 Å². The molecule has 3 aromatic carbocycles. The van der Waals surface area contributed by atoms with Gasteiger partial charge in [0.15, 0.2) is 0 Å². The summed E-state index contributed by atoms with van der Waals surface area (Å²) in [4.78, 5) is 9.44. The Morgan fingerprint density at radius 1 is 0.867 bits per heavy atom. The quantitative estimate of drug-likeness (QED) is 0.258. The van der Waals surface area contributed by atoms with Gasteiger partial charge in [0.1, 0.15) is 0 Å². The van der Waals surface area contributed by atoms with Crippen LogP contribution in [-0.4, -0.2) is 23.2 Å². The average Bonchev–Trinajstić information content (AvgIpc) is 3.10. The van der Waals surface area contributed by atoms with Gasteiger partial charge in [-0.25, -0.2) is 0 Å². The van der Waals surface area contributed by atoms with Crippen LogP contribution in [0, 0.1) is 0 Å². The minimum atomic E-state index is -1.88. The fourth-order valence-electron chi connectivity index (χ4n) is 4.20. The molecule has 0 N–H and O–H groups in total. The fraction of sp³-hybridized carbons (Fsp3) is 0.231. The van der Waals surface area contributed by atoms with Crippen molar-refractivity contribution >= 4 is 60.1 Å². The van der Waals surface area contributed by atoms with E-state index >= 15 is 0 Å². The van der Waals surface area contributed by atoms with Crippen molar-refractivity contribution in [3.8, 4) is 11.3 Å². The van der Waals surface area contributed by atoms with Gasteiger partial charge >= 0.3 is 185 Å². The van der Waals surface area contributed by atoms with Crippen molar-refractivity contribution in [3.63, 3.8) is 0 Å². The Morgan fingerprint density at radius 3 is 2.43 bits per heavy atom. The summed E-state index contributed by atoms with van der Waals surface area (Å²) in [5.74, 6) is 7.79. The normalized spacial score (nSPS) is 12.5. The van der Waals surface area contributed by atoms with Gasteiger partial charge in [-0.05, 0) is 0 Å². The molecular weight excluding hydrogens is 445 g/mol. The summed E-state index contributed by atoms with van der Waals surface area (Å²) in [6.45, 7) is 4.53. The van der Waals surface area contributed by atoms with Gasteiger partial charge in [-0.2, -0.15) is 0 Å². The molecule has 2 nitrogen and oxygen atoms in total. The van der Waals surface area contributed by atoms with E-state index in [2.05, 4.69) is 90.7 Å². The van der Waals surface area contributed by atoms with E-state index in [1.807, 2.05) is 11.3 Å². The molecule has 2 aromatic heterocycles. The van der Waals surface area contributed by atoms with Crippen LogP contribution in [0.5, 0.6) is 0 Å². The molecule has 0 bridgehead atoms. The molecule has 5 aromatic rings. The summed E-state index contributed by atoms with van der Waals surface area (Å²) in [5.41, 5.74) is 4.68. The molecule has 0 aliphatic rings. The van der Waals surface area contributed by atoms with Crippen LogP contribution in [0.25, 0.3) is 42.3 Å². The molecule has 0 fully saturated rings. The maximum absolute atomic E-state index is 4.76. The molecule has 5 rings (SSSR count). The van der Waals surface area contributed by atoms with E-state index in [0.29, 0.717) is 5.92 Å². The summed E-state index contributed by atoms with van der Waals surface area (Å²) in [6, 6.07) is 20.3. The Morgan fingerprint density at radius 2 is 1.67 bits per heavy atom. The van der Waals surface area contributed by atoms with Crippen molar-refractivity contribution < 1.29 is 0 Å². The zero-order valence-corrected chi connectivity index (χ0v) is 21.1. The Labute approximate surface area is 184 Å². The van der Waals surface area contributed by atoms with Gasteiger partial charge in [0.2, 0.25) is 0 Å². The summed E-state index contributed by atoms with van der Waals surface area (Å²) in [6.07, 6.45) is 1.73. The van der Waals surface area contributed by atoms with Gasteiger partial charge in [-0.15, -0.1) is 0 Å². The van der Waals surface area contributed by atoms with Gasteiger partial charge in [-0.1, -0.05) is 0 Å². The van der Waals surface area contributed by atoms with E-state index in [9.17, 15) is 0 Å². The molecule has 0 atom stereocenters. The van der Waals surface area contributed by atoms with Crippen molar-refractivity contribution in [1.82, 2.24) is 9.97 Å². The second-order valence-electron chi connectivity index (χ2n) is 9.40. The number of nitrogens with zero attached hydrogens (tertiary/aromatic N) is 2. The predicted octanol–water partition coefficient (Wildman–Crippen LogP) is 7.33. The van der Waals surface area contributed by atoms with Crippen molar-refractivity contribution in [1.29, 1.82) is 0 Å². The van der Waals surface area contributed by atoms with Gasteiger partial charge < -0.3 is 0 Å². The third-order valence-corrected chi connectivity index (χ3v) is 11.3. The first-order valence-corrected chi connectivity index (χ1v) is 18.7. The molecule has 150 valence electrons. The van der Waals surface area contributed by atoms with E-state index in [4.69, 9.17) is 4.98 Å². The first-order valence-electron chi connectivity index (χ1n) is 10.5. The molecule has 0 aliphatic carbocycles. The van der Waals surface area contributed by atoms with E-state index < -0.39 is 13.3 Å². The third-order valence-electron chi connectivity index (χ3n) is 5.91. The van der Waals surface area contributed by atoms with Crippen molar-refractivity contribution in [2.45, 2.75) is 37.0 Å². The Hall–Kier alpha value is -2.24. The molecule has 30 heavy (non-hydrogen) atoms. The number of fused-ring (bicyclic) bond motifs is 4.